The Kier molecular flexibility index (Phi) is 5.31. The molecular formula is C17H33N3O. The Morgan fingerprint density at radius 3 is 2.38 bits per heavy atom. The number of nitrogens with two attached hydrogens (primary N) is 1. The molecule has 3 N–H and O–H groups in total. The Hall–Kier alpha value is -0.610. The Labute approximate surface area is 129 Å². The number of rotatable bonds is 4. The Balaban J connectivity index is 2.05. The third-order valence-electron chi connectivity index (χ3n) is 6.04. The molecule has 0 aromatic carbocycles. The molecule has 2 fully saturated rings. The molecule has 0 spiro atoms. The summed E-state index contributed by atoms with van der Waals surface area (Å²) < 4.78 is 0. The van der Waals surface area contributed by atoms with Crippen LogP contribution < -0.4 is 11.1 Å². The van der Waals surface area contributed by atoms with Gasteiger partial charge in [-0.2, -0.15) is 0 Å². The summed E-state index contributed by atoms with van der Waals surface area (Å²) in [5.74, 6) is 0.635. The van der Waals surface area contributed by atoms with Crippen molar-refractivity contribution in [3.8, 4) is 0 Å². The fourth-order valence-corrected chi connectivity index (χ4v) is 4.42. The van der Waals surface area contributed by atoms with E-state index in [4.69, 9.17) is 5.73 Å². The normalized spacial score (nSPS) is 39.2. The molecule has 5 unspecified atom stereocenters. The molecule has 2 rings (SSSR count). The molecule has 0 aromatic rings. The second kappa shape index (κ2) is 6.66. The van der Waals surface area contributed by atoms with Crippen molar-refractivity contribution < 1.29 is 4.79 Å². The standard InChI is InChI=1S/C17H33N3O/c1-12-7-5-6-10-17(12,11-18)19-16(21)15(4)20-13(2)8-9-14(20)3/h12-15H,5-11,18H2,1-4H3,(H,19,21). The minimum atomic E-state index is -0.185. The number of hydrogen-bond donors (Lipinski definition) is 2. The van der Waals surface area contributed by atoms with Gasteiger partial charge in [0.05, 0.1) is 11.6 Å². The lowest BCUT2D eigenvalue weighted by Crippen LogP contribution is -2.62. The summed E-state index contributed by atoms with van der Waals surface area (Å²) >= 11 is 0. The van der Waals surface area contributed by atoms with Gasteiger partial charge in [0.15, 0.2) is 0 Å². The summed E-state index contributed by atoms with van der Waals surface area (Å²) in [6.45, 7) is 9.30. The Morgan fingerprint density at radius 1 is 1.24 bits per heavy atom. The van der Waals surface area contributed by atoms with Gasteiger partial charge in [-0.25, -0.2) is 0 Å². The fourth-order valence-electron chi connectivity index (χ4n) is 4.42. The van der Waals surface area contributed by atoms with Gasteiger partial charge in [-0.15, -0.1) is 0 Å². The van der Waals surface area contributed by atoms with E-state index in [0.29, 0.717) is 24.5 Å². The topological polar surface area (TPSA) is 58.4 Å². The van der Waals surface area contributed by atoms with Crippen molar-refractivity contribution in [2.75, 3.05) is 6.54 Å². The predicted octanol–water partition coefficient (Wildman–Crippen LogP) is 2.27. The van der Waals surface area contributed by atoms with Crippen LogP contribution in [0.4, 0.5) is 0 Å². The van der Waals surface area contributed by atoms with Gasteiger partial charge < -0.3 is 11.1 Å². The predicted molar refractivity (Wildman–Crippen MR) is 87.0 cm³/mol. The molecule has 4 nitrogen and oxygen atoms in total. The van der Waals surface area contributed by atoms with E-state index in [1.54, 1.807) is 0 Å². The maximum atomic E-state index is 12.8. The van der Waals surface area contributed by atoms with Gasteiger partial charge in [-0.05, 0) is 52.4 Å². The van der Waals surface area contributed by atoms with Gasteiger partial charge >= 0.3 is 0 Å². The van der Waals surface area contributed by atoms with E-state index in [1.807, 2.05) is 6.92 Å². The van der Waals surface area contributed by atoms with Gasteiger partial charge in [0.2, 0.25) is 5.91 Å². The zero-order valence-corrected chi connectivity index (χ0v) is 14.2. The first kappa shape index (κ1) is 16.8. The van der Waals surface area contributed by atoms with Crippen LogP contribution in [-0.2, 0) is 4.79 Å². The molecular weight excluding hydrogens is 262 g/mol. The summed E-state index contributed by atoms with van der Waals surface area (Å²) in [4.78, 5) is 15.2. The lowest BCUT2D eigenvalue weighted by Gasteiger charge is -2.44. The first-order valence-corrected chi connectivity index (χ1v) is 8.71. The van der Waals surface area contributed by atoms with Gasteiger partial charge in [0, 0.05) is 18.6 Å². The van der Waals surface area contributed by atoms with Crippen molar-refractivity contribution in [2.45, 2.75) is 89.9 Å². The average molecular weight is 295 g/mol. The van der Waals surface area contributed by atoms with E-state index in [1.165, 1.54) is 32.1 Å². The van der Waals surface area contributed by atoms with E-state index < -0.39 is 0 Å². The van der Waals surface area contributed by atoms with E-state index in [-0.39, 0.29) is 17.5 Å². The van der Waals surface area contributed by atoms with E-state index in [0.717, 1.165) is 6.42 Å². The fraction of sp³-hybridized carbons (Fsp3) is 0.941. The van der Waals surface area contributed by atoms with Crippen LogP contribution in [-0.4, -0.2) is 41.0 Å². The number of nitrogens with zero attached hydrogens (tertiary/aromatic N) is 1. The highest BCUT2D eigenvalue weighted by molar-refractivity contribution is 5.82. The van der Waals surface area contributed by atoms with Crippen LogP contribution in [0.5, 0.6) is 0 Å². The van der Waals surface area contributed by atoms with Crippen LogP contribution in [0.15, 0.2) is 0 Å². The zero-order valence-electron chi connectivity index (χ0n) is 14.2. The first-order chi connectivity index (χ1) is 9.91. The van der Waals surface area contributed by atoms with E-state index in [9.17, 15) is 4.79 Å². The second-order valence-electron chi connectivity index (χ2n) is 7.39. The second-order valence-corrected chi connectivity index (χ2v) is 7.39. The van der Waals surface area contributed by atoms with Crippen LogP contribution in [0.1, 0.15) is 66.2 Å². The Morgan fingerprint density at radius 2 is 1.86 bits per heavy atom. The maximum absolute atomic E-state index is 12.8. The maximum Gasteiger partial charge on any atom is 0.237 e. The number of carbonyl (C=O) groups excluding carboxylic acids is 1. The molecule has 1 heterocycles. The minimum absolute atomic E-state index is 0.0601. The van der Waals surface area contributed by atoms with Crippen LogP contribution in [0.25, 0.3) is 0 Å². The summed E-state index contributed by atoms with van der Waals surface area (Å²) in [6, 6.07) is 0.937. The number of amides is 1. The molecule has 0 bridgehead atoms. The summed E-state index contributed by atoms with van der Waals surface area (Å²) in [5.41, 5.74) is 5.87. The number of carbonyl (C=O) groups is 1. The van der Waals surface area contributed by atoms with Gasteiger partial charge in [-0.1, -0.05) is 19.8 Å². The highest BCUT2D eigenvalue weighted by atomic mass is 16.2. The zero-order chi connectivity index (χ0) is 15.6. The number of hydrogen-bond acceptors (Lipinski definition) is 3. The molecule has 1 aliphatic heterocycles. The molecule has 0 aromatic heterocycles. The van der Waals surface area contributed by atoms with Gasteiger partial charge in [-0.3, -0.25) is 9.69 Å². The van der Waals surface area contributed by atoms with Crippen LogP contribution >= 0.6 is 0 Å². The smallest absolute Gasteiger partial charge is 0.237 e. The molecule has 2 aliphatic rings. The van der Waals surface area contributed by atoms with Crippen molar-refractivity contribution >= 4 is 5.91 Å². The third kappa shape index (κ3) is 3.26. The molecule has 1 saturated heterocycles. The first-order valence-electron chi connectivity index (χ1n) is 8.71. The Bertz CT molecular complexity index is 363. The van der Waals surface area contributed by atoms with E-state index in [2.05, 4.69) is 31.0 Å². The minimum Gasteiger partial charge on any atom is -0.348 e. The van der Waals surface area contributed by atoms with E-state index >= 15 is 0 Å². The van der Waals surface area contributed by atoms with Crippen molar-refractivity contribution in [2.24, 2.45) is 11.7 Å². The largest absolute Gasteiger partial charge is 0.348 e. The quantitative estimate of drug-likeness (QED) is 0.836. The van der Waals surface area contributed by atoms with Crippen molar-refractivity contribution in [1.82, 2.24) is 10.2 Å². The lowest BCUT2D eigenvalue weighted by atomic mass is 9.73. The summed E-state index contributed by atoms with van der Waals surface area (Å²) in [7, 11) is 0. The molecule has 1 aliphatic carbocycles. The molecule has 1 amide bonds. The lowest BCUT2D eigenvalue weighted by molar-refractivity contribution is -0.130. The molecule has 1 saturated carbocycles. The number of nitrogens with one attached hydrogen (secondary N) is 1. The van der Waals surface area contributed by atoms with Gasteiger partial charge in [0.1, 0.15) is 0 Å². The van der Waals surface area contributed by atoms with Crippen molar-refractivity contribution in [1.29, 1.82) is 0 Å². The number of likely N-dealkylation sites (tertiary alicyclic amines) is 1. The highest BCUT2D eigenvalue weighted by Gasteiger charge is 2.41. The summed E-state index contributed by atoms with van der Waals surface area (Å²) in [6.07, 6.45) is 7.01. The average Bonchev–Trinajstić information content (AvgIpc) is 2.80. The van der Waals surface area contributed by atoms with Crippen molar-refractivity contribution in [3.05, 3.63) is 0 Å². The van der Waals surface area contributed by atoms with Crippen LogP contribution in [0.2, 0.25) is 0 Å². The highest BCUT2D eigenvalue weighted by Crippen LogP contribution is 2.33. The van der Waals surface area contributed by atoms with Crippen LogP contribution in [0.3, 0.4) is 0 Å². The molecule has 0 radical (unpaired) electrons. The molecule has 5 atom stereocenters. The third-order valence-corrected chi connectivity index (χ3v) is 6.04. The molecule has 122 valence electrons. The van der Waals surface area contributed by atoms with Gasteiger partial charge in [0.25, 0.3) is 0 Å². The van der Waals surface area contributed by atoms with Crippen LogP contribution in [0, 0.1) is 5.92 Å². The molecule has 21 heavy (non-hydrogen) atoms. The summed E-state index contributed by atoms with van der Waals surface area (Å²) in [5, 5.41) is 3.34. The monoisotopic (exact) mass is 295 g/mol. The molecule has 4 heteroatoms. The SMILES string of the molecule is CC1CCC(C)N1C(C)C(=O)NC1(CN)CCCCC1C. The van der Waals surface area contributed by atoms with Crippen molar-refractivity contribution in [3.63, 3.8) is 0 Å².